The molecule has 0 aliphatic carbocycles. The van der Waals surface area contributed by atoms with E-state index in [1.807, 2.05) is 54.1 Å². The number of benzene rings is 2. The number of para-hydroxylation sites is 1. The first kappa shape index (κ1) is 22.1. The molecule has 1 aliphatic heterocycles. The molecule has 9 nitrogen and oxygen atoms in total. The largest absolute Gasteiger partial charge is 0.457 e. The molecule has 174 valence electrons. The summed E-state index contributed by atoms with van der Waals surface area (Å²) in [5, 5.41) is 0. The summed E-state index contributed by atoms with van der Waals surface area (Å²) in [7, 11) is -3.60. The van der Waals surface area contributed by atoms with Gasteiger partial charge in [-0.05, 0) is 43.3 Å². The van der Waals surface area contributed by atoms with E-state index in [0.29, 0.717) is 37.7 Å². The van der Waals surface area contributed by atoms with Gasteiger partial charge in [-0.15, -0.1) is 0 Å². The van der Waals surface area contributed by atoms with E-state index >= 15 is 0 Å². The Morgan fingerprint density at radius 1 is 0.824 bits per heavy atom. The second-order valence-corrected chi connectivity index (χ2v) is 9.79. The monoisotopic (exact) mass is 476 g/mol. The molecule has 34 heavy (non-hydrogen) atoms. The van der Waals surface area contributed by atoms with E-state index in [-0.39, 0.29) is 4.90 Å². The summed E-state index contributed by atoms with van der Waals surface area (Å²) in [5.74, 6) is 3.61. The minimum Gasteiger partial charge on any atom is -0.457 e. The van der Waals surface area contributed by atoms with Crippen LogP contribution in [-0.2, 0) is 10.0 Å². The first-order valence-corrected chi connectivity index (χ1v) is 12.4. The average Bonchev–Trinajstić information content (AvgIpc) is 3.31. The molecule has 4 aromatic rings. The fourth-order valence-corrected chi connectivity index (χ4v) is 5.30. The lowest BCUT2D eigenvalue weighted by Gasteiger charge is -2.34. The average molecular weight is 477 g/mol. The van der Waals surface area contributed by atoms with E-state index in [0.717, 1.165) is 17.5 Å². The molecule has 0 unspecified atom stereocenters. The topological polar surface area (TPSA) is 93.5 Å². The fraction of sp³-hybridized carbons (Fsp3) is 0.208. The van der Waals surface area contributed by atoms with Gasteiger partial charge >= 0.3 is 0 Å². The minimum atomic E-state index is -3.60. The fourth-order valence-electron chi connectivity index (χ4n) is 3.87. The van der Waals surface area contributed by atoms with Crippen LogP contribution in [0.4, 0.5) is 5.82 Å². The standard InChI is InChI=1S/C24H24N6O3S/c1-19-25-11-12-30(19)24-17-23(26-18-27-24)28-13-15-29(16-14-28)34(31,32)22-9-7-21(8-10-22)33-20-5-3-2-4-6-20/h2-12,17-18H,13-16H2,1H3. The number of imidazole rings is 1. The van der Waals surface area contributed by atoms with Gasteiger partial charge < -0.3 is 9.64 Å². The van der Waals surface area contributed by atoms with Crippen molar-refractivity contribution in [3.8, 4) is 17.3 Å². The highest BCUT2D eigenvalue weighted by Gasteiger charge is 2.29. The zero-order chi connectivity index (χ0) is 23.5. The number of rotatable bonds is 6. The van der Waals surface area contributed by atoms with Crippen LogP contribution in [0.3, 0.4) is 0 Å². The zero-order valence-electron chi connectivity index (χ0n) is 18.7. The van der Waals surface area contributed by atoms with Crippen molar-refractivity contribution in [3.63, 3.8) is 0 Å². The molecule has 2 aromatic heterocycles. The van der Waals surface area contributed by atoms with Crippen molar-refractivity contribution < 1.29 is 13.2 Å². The Labute approximate surface area is 198 Å². The normalized spacial score (nSPS) is 14.8. The molecular formula is C24H24N6O3S. The zero-order valence-corrected chi connectivity index (χ0v) is 19.5. The smallest absolute Gasteiger partial charge is 0.243 e. The molecule has 1 saturated heterocycles. The number of aryl methyl sites for hydroxylation is 1. The molecule has 1 aliphatic rings. The van der Waals surface area contributed by atoms with Crippen molar-refractivity contribution in [2.45, 2.75) is 11.8 Å². The molecule has 0 N–H and O–H groups in total. The lowest BCUT2D eigenvalue weighted by Crippen LogP contribution is -2.48. The summed E-state index contributed by atoms with van der Waals surface area (Å²) < 4.78 is 35.5. The number of hydrogen-bond donors (Lipinski definition) is 0. The SMILES string of the molecule is Cc1nccn1-c1cc(N2CCN(S(=O)(=O)c3ccc(Oc4ccccc4)cc3)CC2)ncn1. The van der Waals surface area contributed by atoms with Gasteiger partial charge in [-0.1, -0.05) is 18.2 Å². The Bertz CT molecular complexity index is 1370. The van der Waals surface area contributed by atoms with Crippen molar-refractivity contribution >= 4 is 15.8 Å². The first-order valence-electron chi connectivity index (χ1n) is 10.9. The van der Waals surface area contributed by atoms with Gasteiger partial charge in [-0.25, -0.2) is 23.4 Å². The predicted octanol–water partition coefficient (Wildman–Crippen LogP) is 3.27. The van der Waals surface area contributed by atoms with E-state index < -0.39 is 10.0 Å². The van der Waals surface area contributed by atoms with E-state index in [9.17, 15) is 8.42 Å². The highest BCUT2D eigenvalue weighted by Crippen LogP contribution is 2.25. The van der Waals surface area contributed by atoms with Crippen LogP contribution in [0.25, 0.3) is 5.82 Å². The summed E-state index contributed by atoms with van der Waals surface area (Å²) >= 11 is 0. The van der Waals surface area contributed by atoms with Gasteiger partial charge in [0.25, 0.3) is 0 Å². The summed E-state index contributed by atoms with van der Waals surface area (Å²) in [4.78, 5) is 15.3. The van der Waals surface area contributed by atoms with E-state index in [2.05, 4.69) is 19.9 Å². The van der Waals surface area contributed by atoms with Crippen molar-refractivity contribution in [1.82, 2.24) is 23.8 Å². The summed E-state index contributed by atoms with van der Waals surface area (Å²) in [6.45, 7) is 3.72. The Morgan fingerprint density at radius 2 is 1.50 bits per heavy atom. The van der Waals surface area contributed by atoms with Gasteiger partial charge in [0.05, 0.1) is 4.90 Å². The molecule has 1 fully saturated rings. The molecule has 0 saturated carbocycles. The number of hydrogen-bond acceptors (Lipinski definition) is 7. The quantitative estimate of drug-likeness (QED) is 0.422. The Kier molecular flexibility index (Phi) is 5.99. The Morgan fingerprint density at radius 3 is 2.18 bits per heavy atom. The number of piperazine rings is 1. The molecule has 0 radical (unpaired) electrons. The van der Waals surface area contributed by atoms with Crippen molar-refractivity contribution in [1.29, 1.82) is 0 Å². The maximum absolute atomic E-state index is 13.2. The van der Waals surface area contributed by atoms with E-state index in [1.54, 1.807) is 30.5 Å². The lowest BCUT2D eigenvalue weighted by molar-refractivity contribution is 0.383. The van der Waals surface area contributed by atoms with Crippen molar-refractivity contribution in [2.75, 3.05) is 31.1 Å². The molecule has 0 atom stereocenters. The van der Waals surface area contributed by atoms with E-state index in [4.69, 9.17) is 4.74 Å². The van der Waals surface area contributed by atoms with Crippen molar-refractivity contribution in [3.05, 3.63) is 85.2 Å². The number of ether oxygens (including phenoxy) is 1. The van der Waals surface area contributed by atoms with Crippen LogP contribution in [0.5, 0.6) is 11.5 Å². The molecule has 0 amide bonds. The second-order valence-electron chi connectivity index (χ2n) is 7.86. The Hall–Kier alpha value is -3.76. The van der Waals surface area contributed by atoms with Crippen molar-refractivity contribution in [2.24, 2.45) is 0 Å². The van der Waals surface area contributed by atoms with Crippen LogP contribution >= 0.6 is 0 Å². The number of sulfonamides is 1. The summed E-state index contributed by atoms with van der Waals surface area (Å²) in [6.07, 6.45) is 5.09. The van der Waals surface area contributed by atoms with Crippen LogP contribution < -0.4 is 9.64 Å². The number of anilines is 1. The van der Waals surface area contributed by atoms with Crippen LogP contribution in [-0.4, -0.2) is 58.4 Å². The van der Waals surface area contributed by atoms with Crippen LogP contribution in [0.1, 0.15) is 5.82 Å². The molecule has 10 heteroatoms. The molecule has 2 aromatic carbocycles. The Balaban J connectivity index is 1.25. The van der Waals surface area contributed by atoms with Gasteiger partial charge in [0, 0.05) is 44.6 Å². The van der Waals surface area contributed by atoms with Gasteiger partial charge in [0.15, 0.2) is 0 Å². The van der Waals surface area contributed by atoms with Gasteiger partial charge in [-0.3, -0.25) is 4.57 Å². The molecule has 0 spiro atoms. The van der Waals surface area contributed by atoms with Crippen LogP contribution in [0.2, 0.25) is 0 Å². The maximum Gasteiger partial charge on any atom is 0.243 e. The molecule has 5 rings (SSSR count). The summed E-state index contributed by atoms with van der Waals surface area (Å²) in [5.41, 5.74) is 0. The molecule has 3 heterocycles. The van der Waals surface area contributed by atoms with E-state index in [1.165, 1.54) is 10.6 Å². The highest BCUT2D eigenvalue weighted by molar-refractivity contribution is 7.89. The minimum absolute atomic E-state index is 0.251. The lowest BCUT2D eigenvalue weighted by atomic mass is 10.3. The predicted molar refractivity (Wildman–Crippen MR) is 128 cm³/mol. The molecular weight excluding hydrogens is 452 g/mol. The highest BCUT2D eigenvalue weighted by atomic mass is 32.2. The third kappa shape index (κ3) is 4.50. The van der Waals surface area contributed by atoms with Crippen LogP contribution in [0, 0.1) is 6.92 Å². The van der Waals surface area contributed by atoms with Crippen LogP contribution in [0.15, 0.2) is 84.3 Å². The first-order chi connectivity index (χ1) is 16.5. The number of nitrogens with zero attached hydrogens (tertiary/aromatic N) is 6. The third-order valence-electron chi connectivity index (χ3n) is 5.71. The summed E-state index contributed by atoms with van der Waals surface area (Å²) in [6, 6.07) is 17.8. The molecule has 0 bridgehead atoms. The second kappa shape index (κ2) is 9.24. The third-order valence-corrected chi connectivity index (χ3v) is 7.63. The van der Waals surface area contributed by atoms with Gasteiger partial charge in [0.1, 0.15) is 35.3 Å². The van der Waals surface area contributed by atoms with Gasteiger partial charge in [-0.2, -0.15) is 4.31 Å². The maximum atomic E-state index is 13.2. The number of aromatic nitrogens is 4. The van der Waals surface area contributed by atoms with Gasteiger partial charge in [0.2, 0.25) is 10.0 Å².